The van der Waals surface area contributed by atoms with Crippen LogP contribution in [0.15, 0.2) is 57.9 Å². The molecule has 1 saturated heterocycles. The predicted octanol–water partition coefficient (Wildman–Crippen LogP) is 4.16. The monoisotopic (exact) mass is 454 g/mol. The van der Waals surface area contributed by atoms with Crippen LogP contribution in [0.5, 0.6) is 0 Å². The maximum Gasteiger partial charge on any atom is 0.243 e. The third-order valence-corrected chi connectivity index (χ3v) is 7.04. The molecule has 1 aliphatic rings. The molecular weight excluding hydrogens is 435 g/mol. The van der Waals surface area contributed by atoms with Gasteiger partial charge in [-0.05, 0) is 61.4 Å². The number of rotatable bonds is 5. The van der Waals surface area contributed by atoms with Crippen molar-refractivity contribution < 1.29 is 17.6 Å². The van der Waals surface area contributed by atoms with E-state index in [4.69, 9.17) is 0 Å². The largest absolute Gasteiger partial charge is 0.326 e. The number of carbonyl (C=O) groups excluding carboxylic acids is 1. The fraction of sp³-hybridized carbons (Fsp3) is 0.316. The van der Waals surface area contributed by atoms with Crippen molar-refractivity contribution in [1.29, 1.82) is 0 Å². The second-order valence-corrected chi connectivity index (χ2v) is 9.28. The molecule has 5 nitrogen and oxygen atoms in total. The smallest absolute Gasteiger partial charge is 0.243 e. The van der Waals surface area contributed by atoms with Crippen LogP contribution in [0.3, 0.4) is 0 Å². The molecule has 0 saturated carbocycles. The Balaban J connectivity index is 1.73. The van der Waals surface area contributed by atoms with Crippen molar-refractivity contribution in [3.63, 3.8) is 0 Å². The quantitative estimate of drug-likeness (QED) is 0.737. The highest BCUT2D eigenvalue weighted by Crippen LogP contribution is 2.27. The molecule has 8 heteroatoms. The molecule has 144 valence electrons. The van der Waals surface area contributed by atoms with Gasteiger partial charge in [-0.25, -0.2) is 12.8 Å². The van der Waals surface area contributed by atoms with Gasteiger partial charge in [0, 0.05) is 29.2 Å². The van der Waals surface area contributed by atoms with E-state index in [1.165, 1.54) is 16.4 Å². The number of anilines is 1. The third kappa shape index (κ3) is 4.94. The van der Waals surface area contributed by atoms with Crippen molar-refractivity contribution in [2.45, 2.75) is 36.6 Å². The van der Waals surface area contributed by atoms with Gasteiger partial charge in [0.2, 0.25) is 15.9 Å². The molecule has 1 aliphatic heterocycles. The first kappa shape index (κ1) is 20.0. The molecule has 1 N–H and O–H groups in total. The molecule has 0 aromatic heterocycles. The average molecular weight is 455 g/mol. The molecule has 0 aliphatic carbocycles. The second kappa shape index (κ2) is 8.50. The van der Waals surface area contributed by atoms with Gasteiger partial charge in [-0.1, -0.05) is 22.4 Å². The van der Waals surface area contributed by atoms with Crippen molar-refractivity contribution in [3.05, 3.63) is 58.8 Å². The van der Waals surface area contributed by atoms with E-state index in [-0.39, 0.29) is 17.2 Å². The minimum atomic E-state index is -3.77. The summed E-state index contributed by atoms with van der Waals surface area (Å²) in [4.78, 5) is 12.5. The van der Waals surface area contributed by atoms with Crippen LogP contribution in [-0.2, 0) is 14.8 Å². The van der Waals surface area contributed by atoms with Gasteiger partial charge in [0.15, 0.2) is 0 Å². The van der Waals surface area contributed by atoms with Crippen molar-refractivity contribution >= 4 is 37.5 Å². The summed E-state index contributed by atoms with van der Waals surface area (Å²) < 4.78 is 41.3. The molecule has 27 heavy (non-hydrogen) atoms. The van der Waals surface area contributed by atoms with E-state index in [1.807, 2.05) is 12.1 Å². The Hall–Kier alpha value is -1.77. The number of carbonyl (C=O) groups is 1. The lowest BCUT2D eigenvalue weighted by Crippen LogP contribution is -2.45. The number of halogens is 2. The minimum absolute atomic E-state index is 0.0455. The molecule has 2 aromatic rings. The predicted molar refractivity (Wildman–Crippen MR) is 105 cm³/mol. The molecule has 1 atom stereocenters. The van der Waals surface area contributed by atoms with Gasteiger partial charge < -0.3 is 5.32 Å². The van der Waals surface area contributed by atoms with E-state index in [1.54, 1.807) is 12.1 Å². The Kier molecular flexibility index (Phi) is 6.29. The molecule has 1 heterocycles. The topological polar surface area (TPSA) is 66.5 Å². The first-order valence-electron chi connectivity index (χ1n) is 8.69. The summed E-state index contributed by atoms with van der Waals surface area (Å²) in [5.41, 5.74) is 0.659. The number of hydrogen-bond donors (Lipinski definition) is 1. The van der Waals surface area contributed by atoms with Crippen LogP contribution in [0.2, 0.25) is 0 Å². The van der Waals surface area contributed by atoms with Crippen LogP contribution in [0.4, 0.5) is 10.1 Å². The molecule has 1 amide bonds. The van der Waals surface area contributed by atoms with Gasteiger partial charge in [0.1, 0.15) is 5.82 Å². The zero-order valence-corrected chi connectivity index (χ0v) is 17.0. The number of nitrogens with one attached hydrogen (secondary N) is 1. The van der Waals surface area contributed by atoms with Crippen molar-refractivity contribution in [2.24, 2.45) is 0 Å². The normalized spacial score (nSPS) is 18.2. The van der Waals surface area contributed by atoms with Crippen molar-refractivity contribution in [2.75, 3.05) is 11.9 Å². The fourth-order valence-electron chi connectivity index (χ4n) is 3.20. The summed E-state index contributed by atoms with van der Waals surface area (Å²) in [6, 6.07) is 11.6. The first-order valence-corrected chi connectivity index (χ1v) is 10.9. The number of sulfonamides is 1. The molecule has 2 aromatic carbocycles. The van der Waals surface area contributed by atoms with E-state index in [0.717, 1.165) is 29.4 Å². The summed E-state index contributed by atoms with van der Waals surface area (Å²) in [7, 11) is -3.77. The Bertz CT molecular complexity index is 902. The van der Waals surface area contributed by atoms with E-state index in [0.29, 0.717) is 18.7 Å². The van der Waals surface area contributed by atoms with E-state index >= 15 is 0 Å². The Morgan fingerprint density at radius 2 is 1.78 bits per heavy atom. The number of amides is 1. The molecule has 0 radical (unpaired) electrons. The molecular formula is C19H20BrFN2O3S. The zero-order valence-electron chi connectivity index (χ0n) is 14.6. The summed E-state index contributed by atoms with van der Waals surface area (Å²) in [5.74, 6) is -0.721. The highest BCUT2D eigenvalue weighted by molar-refractivity contribution is 9.10. The Labute approximate surface area is 166 Å². The summed E-state index contributed by atoms with van der Waals surface area (Å²) in [6.45, 7) is 0.357. The summed E-state index contributed by atoms with van der Waals surface area (Å²) >= 11 is 3.34. The maximum atomic E-state index is 13.1. The minimum Gasteiger partial charge on any atom is -0.326 e. The molecule has 0 unspecified atom stereocenters. The van der Waals surface area contributed by atoms with Crippen LogP contribution >= 0.6 is 15.9 Å². The Morgan fingerprint density at radius 1 is 1.11 bits per heavy atom. The van der Waals surface area contributed by atoms with Crippen LogP contribution in [-0.4, -0.2) is 31.2 Å². The summed E-state index contributed by atoms with van der Waals surface area (Å²) in [6.07, 6.45) is 2.31. The highest BCUT2D eigenvalue weighted by Gasteiger charge is 2.34. The van der Waals surface area contributed by atoms with Crippen molar-refractivity contribution in [3.8, 4) is 0 Å². The van der Waals surface area contributed by atoms with E-state index < -0.39 is 21.9 Å². The lowest BCUT2D eigenvalue weighted by atomic mass is 10.0. The summed E-state index contributed by atoms with van der Waals surface area (Å²) in [5, 5.41) is 2.80. The number of hydrogen-bond acceptors (Lipinski definition) is 3. The third-order valence-electron chi connectivity index (χ3n) is 4.54. The fourth-order valence-corrected chi connectivity index (χ4v) is 5.15. The maximum absolute atomic E-state index is 13.1. The number of piperidine rings is 1. The standard InChI is InChI=1S/C19H20BrFN2O3S/c20-14-4-8-16(9-5-14)22-19(24)13-17-3-1-2-12-23(17)27(25,26)18-10-6-15(21)7-11-18/h4-11,17H,1-3,12-13H2,(H,22,24)/t17-/m1/s1. The van der Waals surface area contributed by atoms with E-state index in [2.05, 4.69) is 21.2 Å². The lowest BCUT2D eigenvalue weighted by molar-refractivity contribution is -0.117. The molecule has 0 bridgehead atoms. The van der Waals surface area contributed by atoms with Gasteiger partial charge in [0.25, 0.3) is 0 Å². The first-order chi connectivity index (χ1) is 12.9. The number of nitrogens with zero attached hydrogens (tertiary/aromatic N) is 1. The lowest BCUT2D eigenvalue weighted by Gasteiger charge is -2.34. The van der Waals surface area contributed by atoms with E-state index in [9.17, 15) is 17.6 Å². The zero-order chi connectivity index (χ0) is 19.4. The number of benzene rings is 2. The van der Waals surface area contributed by atoms with Crippen LogP contribution < -0.4 is 5.32 Å². The van der Waals surface area contributed by atoms with Crippen LogP contribution in [0, 0.1) is 5.82 Å². The van der Waals surface area contributed by atoms with Gasteiger partial charge in [0.05, 0.1) is 4.90 Å². The average Bonchev–Trinajstić information content (AvgIpc) is 2.64. The van der Waals surface area contributed by atoms with Gasteiger partial charge in [-0.15, -0.1) is 0 Å². The van der Waals surface area contributed by atoms with Gasteiger partial charge in [-0.3, -0.25) is 4.79 Å². The molecule has 3 rings (SSSR count). The van der Waals surface area contributed by atoms with Gasteiger partial charge in [-0.2, -0.15) is 4.31 Å². The SMILES string of the molecule is O=C(C[C@H]1CCCCN1S(=O)(=O)c1ccc(F)cc1)Nc1ccc(Br)cc1. The highest BCUT2D eigenvalue weighted by atomic mass is 79.9. The Morgan fingerprint density at radius 3 is 2.44 bits per heavy atom. The molecule has 0 spiro atoms. The molecule has 1 fully saturated rings. The van der Waals surface area contributed by atoms with Crippen LogP contribution in [0.25, 0.3) is 0 Å². The van der Waals surface area contributed by atoms with Crippen LogP contribution in [0.1, 0.15) is 25.7 Å². The van der Waals surface area contributed by atoms with Crippen molar-refractivity contribution in [1.82, 2.24) is 4.31 Å². The van der Waals surface area contributed by atoms with Gasteiger partial charge >= 0.3 is 0 Å². The second-order valence-electron chi connectivity index (χ2n) is 6.48.